The Balaban J connectivity index is 2.00. The molecule has 0 aliphatic carbocycles. The number of hydrogen-bond acceptors (Lipinski definition) is 6. The Morgan fingerprint density at radius 1 is 1.29 bits per heavy atom. The summed E-state index contributed by atoms with van der Waals surface area (Å²) in [6.07, 6.45) is 3.89. The van der Waals surface area contributed by atoms with Crippen molar-refractivity contribution in [3.05, 3.63) is 18.1 Å². The molecule has 1 aliphatic heterocycles. The van der Waals surface area contributed by atoms with Gasteiger partial charge in [-0.25, -0.2) is 9.97 Å². The molecule has 0 radical (unpaired) electrons. The highest BCUT2D eigenvalue weighted by molar-refractivity contribution is 5.92. The highest BCUT2D eigenvalue weighted by atomic mass is 16.5. The molecule has 1 saturated heterocycles. The Bertz CT molecular complexity index is 454. The van der Waals surface area contributed by atoms with Gasteiger partial charge in [0.2, 0.25) is 0 Å². The van der Waals surface area contributed by atoms with Crippen LogP contribution in [0.5, 0.6) is 0 Å². The van der Waals surface area contributed by atoms with Crippen LogP contribution in [-0.2, 0) is 9.47 Å². The number of anilines is 1. The van der Waals surface area contributed by atoms with Crippen molar-refractivity contribution in [2.45, 2.75) is 25.6 Å². The molecule has 1 aromatic rings. The van der Waals surface area contributed by atoms with Crippen LogP contribution in [0.1, 0.15) is 23.8 Å². The lowest BCUT2D eigenvalue weighted by Gasteiger charge is -2.15. The van der Waals surface area contributed by atoms with Gasteiger partial charge < -0.3 is 19.7 Å². The van der Waals surface area contributed by atoms with Crippen molar-refractivity contribution in [2.75, 3.05) is 39.2 Å². The van der Waals surface area contributed by atoms with Gasteiger partial charge >= 0.3 is 0 Å². The molecule has 1 amide bonds. The monoisotopic (exact) mass is 294 g/mol. The summed E-state index contributed by atoms with van der Waals surface area (Å²) in [5, 5.41) is 3.12. The number of aromatic nitrogens is 2. The fraction of sp³-hybridized carbons (Fsp3) is 0.643. The average molecular weight is 294 g/mol. The maximum absolute atomic E-state index is 12.4. The minimum atomic E-state index is -0.147. The van der Waals surface area contributed by atoms with Crippen LogP contribution < -0.4 is 5.32 Å². The number of nitrogens with one attached hydrogen (secondary N) is 1. The third-order valence-electron chi connectivity index (χ3n) is 3.54. The molecule has 1 aliphatic rings. The van der Waals surface area contributed by atoms with E-state index in [-0.39, 0.29) is 18.1 Å². The summed E-state index contributed by atoms with van der Waals surface area (Å²) in [7, 11) is 3.25. The SMILES string of the molecule is CCCNc1cnc(C(=O)N2CC(OC)C(OC)C2)cn1. The lowest BCUT2D eigenvalue weighted by molar-refractivity contribution is -0.00461. The van der Waals surface area contributed by atoms with Crippen LogP contribution in [0.2, 0.25) is 0 Å². The zero-order valence-corrected chi connectivity index (χ0v) is 12.7. The molecular weight excluding hydrogens is 272 g/mol. The average Bonchev–Trinajstić information content (AvgIpc) is 2.96. The van der Waals surface area contributed by atoms with Crippen molar-refractivity contribution in [1.29, 1.82) is 0 Å². The first-order valence-corrected chi connectivity index (χ1v) is 7.10. The van der Waals surface area contributed by atoms with Gasteiger partial charge in [-0.05, 0) is 6.42 Å². The predicted molar refractivity (Wildman–Crippen MR) is 78.3 cm³/mol. The summed E-state index contributed by atoms with van der Waals surface area (Å²) in [6.45, 7) is 3.92. The van der Waals surface area contributed by atoms with Crippen LogP contribution in [0.4, 0.5) is 5.82 Å². The second kappa shape index (κ2) is 7.33. The van der Waals surface area contributed by atoms with Gasteiger partial charge in [0.25, 0.3) is 5.91 Å². The summed E-state index contributed by atoms with van der Waals surface area (Å²) in [5.74, 6) is 0.533. The highest BCUT2D eigenvalue weighted by Gasteiger charge is 2.36. The fourth-order valence-electron chi connectivity index (χ4n) is 2.31. The molecule has 7 nitrogen and oxygen atoms in total. The smallest absolute Gasteiger partial charge is 0.274 e. The van der Waals surface area contributed by atoms with Gasteiger partial charge in [0.05, 0.1) is 12.4 Å². The number of likely N-dealkylation sites (tertiary alicyclic amines) is 1. The Morgan fingerprint density at radius 2 is 1.95 bits per heavy atom. The van der Waals surface area contributed by atoms with Crippen molar-refractivity contribution >= 4 is 11.7 Å². The standard InChI is InChI=1S/C14H22N4O3/c1-4-5-15-13-7-16-10(6-17-13)14(19)18-8-11(20-2)12(9-18)21-3/h6-7,11-12H,4-5,8-9H2,1-3H3,(H,15,17). The van der Waals surface area contributed by atoms with E-state index in [0.29, 0.717) is 24.6 Å². The maximum Gasteiger partial charge on any atom is 0.274 e. The van der Waals surface area contributed by atoms with Crippen molar-refractivity contribution in [3.8, 4) is 0 Å². The molecule has 116 valence electrons. The van der Waals surface area contributed by atoms with E-state index in [4.69, 9.17) is 9.47 Å². The van der Waals surface area contributed by atoms with E-state index in [2.05, 4.69) is 22.2 Å². The summed E-state index contributed by atoms with van der Waals surface area (Å²) < 4.78 is 10.7. The number of rotatable bonds is 6. The molecule has 2 unspecified atom stereocenters. The summed E-state index contributed by atoms with van der Waals surface area (Å²) in [4.78, 5) is 22.5. The number of carbonyl (C=O) groups is 1. The van der Waals surface area contributed by atoms with E-state index in [0.717, 1.165) is 13.0 Å². The van der Waals surface area contributed by atoms with E-state index >= 15 is 0 Å². The van der Waals surface area contributed by atoms with Crippen LogP contribution in [0.3, 0.4) is 0 Å². The second-order valence-corrected chi connectivity index (χ2v) is 4.97. The minimum Gasteiger partial charge on any atom is -0.377 e. The van der Waals surface area contributed by atoms with Crippen LogP contribution in [0.25, 0.3) is 0 Å². The number of carbonyl (C=O) groups excluding carboxylic acids is 1. The Hall–Kier alpha value is -1.73. The van der Waals surface area contributed by atoms with Gasteiger partial charge in [0.1, 0.15) is 23.7 Å². The van der Waals surface area contributed by atoms with E-state index in [1.165, 1.54) is 6.20 Å². The maximum atomic E-state index is 12.4. The molecule has 1 aromatic heterocycles. The number of methoxy groups -OCH3 is 2. The minimum absolute atomic E-state index is 0.0996. The van der Waals surface area contributed by atoms with Crippen molar-refractivity contribution in [1.82, 2.24) is 14.9 Å². The highest BCUT2D eigenvalue weighted by Crippen LogP contribution is 2.17. The molecule has 0 spiro atoms. The van der Waals surface area contributed by atoms with Gasteiger partial charge in [-0.1, -0.05) is 6.92 Å². The first-order valence-electron chi connectivity index (χ1n) is 7.10. The van der Waals surface area contributed by atoms with Crippen molar-refractivity contribution in [2.24, 2.45) is 0 Å². The van der Waals surface area contributed by atoms with Gasteiger partial charge in [0.15, 0.2) is 0 Å². The van der Waals surface area contributed by atoms with Gasteiger partial charge in [-0.2, -0.15) is 0 Å². The van der Waals surface area contributed by atoms with Crippen LogP contribution in [-0.4, -0.2) is 66.8 Å². The first-order chi connectivity index (χ1) is 10.2. The third-order valence-corrected chi connectivity index (χ3v) is 3.54. The van der Waals surface area contributed by atoms with Gasteiger partial charge in [0, 0.05) is 33.9 Å². The molecule has 1 fully saturated rings. The quantitative estimate of drug-likeness (QED) is 0.835. The second-order valence-electron chi connectivity index (χ2n) is 4.97. The first kappa shape index (κ1) is 15.7. The summed E-state index contributed by atoms with van der Waals surface area (Å²) in [5.41, 5.74) is 0.337. The van der Waals surface area contributed by atoms with E-state index in [1.807, 2.05) is 0 Å². The molecule has 0 aromatic carbocycles. The topological polar surface area (TPSA) is 76.6 Å². The van der Waals surface area contributed by atoms with E-state index in [1.54, 1.807) is 25.3 Å². The molecule has 0 saturated carbocycles. The van der Waals surface area contributed by atoms with E-state index in [9.17, 15) is 4.79 Å². The Morgan fingerprint density at radius 3 is 2.43 bits per heavy atom. The number of amides is 1. The van der Waals surface area contributed by atoms with Crippen LogP contribution >= 0.6 is 0 Å². The number of ether oxygens (including phenoxy) is 2. The predicted octanol–water partition coefficient (Wildman–Crippen LogP) is 0.784. The van der Waals surface area contributed by atoms with Gasteiger partial charge in [-0.3, -0.25) is 4.79 Å². The summed E-state index contributed by atoms with van der Waals surface area (Å²) in [6, 6.07) is 0. The van der Waals surface area contributed by atoms with Crippen molar-refractivity contribution < 1.29 is 14.3 Å². The molecule has 21 heavy (non-hydrogen) atoms. The van der Waals surface area contributed by atoms with Crippen molar-refractivity contribution in [3.63, 3.8) is 0 Å². The fourth-order valence-corrected chi connectivity index (χ4v) is 2.31. The van der Waals surface area contributed by atoms with Crippen LogP contribution in [0, 0.1) is 0 Å². The number of nitrogens with zero attached hydrogens (tertiary/aromatic N) is 3. The van der Waals surface area contributed by atoms with Crippen LogP contribution in [0.15, 0.2) is 12.4 Å². The largest absolute Gasteiger partial charge is 0.377 e. The third kappa shape index (κ3) is 3.68. The van der Waals surface area contributed by atoms with E-state index < -0.39 is 0 Å². The molecule has 7 heteroatoms. The Kier molecular flexibility index (Phi) is 5.46. The Labute approximate surface area is 124 Å². The number of hydrogen-bond donors (Lipinski definition) is 1. The molecule has 0 bridgehead atoms. The lowest BCUT2D eigenvalue weighted by atomic mass is 10.3. The zero-order chi connectivity index (χ0) is 15.2. The lowest BCUT2D eigenvalue weighted by Crippen LogP contribution is -2.30. The summed E-state index contributed by atoms with van der Waals surface area (Å²) >= 11 is 0. The van der Waals surface area contributed by atoms with Gasteiger partial charge in [-0.15, -0.1) is 0 Å². The molecule has 2 atom stereocenters. The normalized spacial score (nSPS) is 21.6. The molecule has 1 N–H and O–H groups in total. The molecule has 2 heterocycles. The molecule has 2 rings (SSSR count). The zero-order valence-electron chi connectivity index (χ0n) is 12.7. The molecular formula is C14H22N4O3.